The zero-order chi connectivity index (χ0) is 15.2. The maximum absolute atomic E-state index is 6.24. The largest absolute Gasteiger partial charge is 0.363 e. The van der Waals surface area contributed by atoms with E-state index in [9.17, 15) is 0 Å². The van der Waals surface area contributed by atoms with Crippen LogP contribution >= 0.6 is 11.6 Å². The Hall–Kier alpha value is -1.85. The predicted octanol–water partition coefficient (Wildman–Crippen LogP) is 3.54. The monoisotopic (exact) mass is 305 g/mol. The second-order valence-corrected chi connectivity index (χ2v) is 5.24. The molecule has 0 aliphatic carbocycles. The molecule has 112 valence electrons. The van der Waals surface area contributed by atoms with Crippen molar-refractivity contribution in [3.05, 3.63) is 46.7 Å². The number of nitrogens with one attached hydrogen (secondary N) is 2. The highest BCUT2D eigenvalue weighted by molar-refractivity contribution is 6.31. The lowest BCUT2D eigenvalue weighted by Crippen LogP contribution is -2.16. The fourth-order valence-corrected chi connectivity index (χ4v) is 2.56. The van der Waals surface area contributed by atoms with Gasteiger partial charge < -0.3 is 10.7 Å². The highest BCUT2D eigenvalue weighted by Gasteiger charge is 2.14. The molecular formula is C15H20ClN5. The zero-order valence-corrected chi connectivity index (χ0v) is 13.0. The molecule has 1 heterocycles. The molecule has 0 saturated heterocycles. The van der Waals surface area contributed by atoms with Crippen molar-refractivity contribution in [2.45, 2.75) is 32.7 Å². The van der Waals surface area contributed by atoms with Crippen LogP contribution in [0.2, 0.25) is 5.02 Å². The Morgan fingerprint density at radius 1 is 1.24 bits per heavy atom. The molecule has 0 amide bonds. The van der Waals surface area contributed by atoms with Gasteiger partial charge >= 0.3 is 0 Å². The van der Waals surface area contributed by atoms with Crippen molar-refractivity contribution in [3.63, 3.8) is 0 Å². The van der Waals surface area contributed by atoms with Gasteiger partial charge in [-0.25, -0.2) is 15.8 Å². The summed E-state index contributed by atoms with van der Waals surface area (Å²) in [4.78, 5) is 8.50. The van der Waals surface area contributed by atoms with Crippen LogP contribution in [0.4, 0.5) is 11.6 Å². The van der Waals surface area contributed by atoms with Gasteiger partial charge in [0.1, 0.15) is 18.0 Å². The van der Waals surface area contributed by atoms with Crippen molar-refractivity contribution in [3.8, 4) is 0 Å². The molecule has 1 aromatic carbocycles. The van der Waals surface area contributed by atoms with Gasteiger partial charge in [-0.1, -0.05) is 43.1 Å². The van der Waals surface area contributed by atoms with E-state index in [1.165, 1.54) is 6.33 Å². The topological polar surface area (TPSA) is 75.9 Å². The first kappa shape index (κ1) is 15.5. The summed E-state index contributed by atoms with van der Waals surface area (Å²) in [5.74, 6) is 6.96. The normalized spacial score (nSPS) is 12.0. The summed E-state index contributed by atoms with van der Waals surface area (Å²) in [6.07, 6.45) is 3.32. The van der Waals surface area contributed by atoms with E-state index < -0.39 is 0 Å². The van der Waals surface area contributed by atoms with Gasteiger partial charge in [0.05, 0.1) is 6.04 Å². The average molecular weight is 306 g/mol. The fourth-order valence-electron chi connectivity index (χ4n) is 2.26. The third-order valence-electron chi connectivity index (χ3n) is 3.31. The van der Waals surface area contributed by atoms with E-state index in [0.29, 0.717) is 5.82 Å². The summed E-state index contributed by atoms with van der Waals surface area (Å²) < 4.78 is 0. The lowest BCUT2D eigenvalue weighted by Gasteiger charge is -2.19. The zero-order valence-electron chi connectivity index (χ0n) is 12.2. The van der Waals surface area contributed by atoms with Gasteiger partial charge in [0.15, 0.2) is 0 Å². The van der Waals surface area contributed by atoms with Crippen LogP contribution in [0.5, 0.6) is 0 Å². The standard InChI is InChI=1S/C15H20ClN5/c1-3-6-12-14(18-9-19-15(12)21-17)20-10(2)11-7-4-5-8-13(11)16/h4-5,7-10H,3,6,17H2,1-2H3,(H2,18,19,20,21). The number of nitrogen functional groups attached to an aromatic ring is 1. The maximum atomic E-state index is 6.24. The lowest BCUT2D eigenvalue weighted by molar-refractivity contribution is 0.847. The quantitative estimate of drug-likeness (QED) is 0.562. The van der Waals surface area contributed by atoms with Crippen molar-refractivity contribution in [1.29, 1.82) is 0 Å². The van der Waals surface area contributed by atoms with E-state index >= 15 is 0 Å². The first-order valence-electron chi connectivity index (χ1n) is 6.98. The predicted molar refractivity (Wildman–Crippen MR) is 87.3 cm³/mol. The Morgan fingerprint density at radius 3 is 2.62 bits per heavy atom. The Bertz CT molecular complexity index is 602. The minimum Gasteiger partial charge on any atom is -0.363 e. The number of aromatic nitrogens is 2. The summed E-state index contributed by atoms with van der Waals surface area (Å²) in [7, 11) is 0. The van der Waals surface area contributed by atoms with Crippen LogP contribution in [0.15, 0.2) is 30.6 Å². The summed E-state index contributed by atoms with van der Waals surface area (Å²) in [6, 6.07) is 7.81. The van der Waals surface area contributed by atoms with Gasteiger partial charge in [-0.05, 0) is 25.0 Å². The van der Waals surface area contributed by atoms with Crippen molar-refractivity contribution in [1.82, 2.24) is 9.97 Å². The number of hydrazine groups is 1. The average Bonchev–Trinajstić information content (AvgIpc) is 2.49. The molecule has 1 atom stereocenters. The number of hydrogen-bond acceptors (Lipinski definition) is 5. The minimum atomic E-state index is 0.0369. The van der Waals surface area contributed by atoms with Crippen LogP contribution in [0, 0.1) is 0 Å². The molecule has 0 saturated carbocycles. The molecule has 0 fully saturated rings. The molecule has 0 aliphatic rings. The van der Waals surface area contributed by atoms with E-state index in [0.717, 1.165) is 34.8 Å². The number of nitrogens with zero attached hydrogens (tertiary/aromatic N) is 2. The van der Waals surface area contributed by atoms with Crippen molar-refractivity contribution in [2.75, 3.05) is 10.7 Å². The second-order valence-electron chi connectivity index (χ2n) is 4.83. The molecular weight excluding hydrogens is 286 g/mol. The molecule has 2 aromatic rings. The van der Waals surface area contributed by atoms with Crippen molar-refractivity contribution in [2.24, 2.45) is 5.84 Å². The first-order valence-corrected chi connectivity index (χ1v) is 7.36. The molecule has 4 N–H and O–H groups in total. The SMILES string of the molecule is CCCc1c(NN)ncnc1NC(C)c1ccccc1Cl. The molecule has 0 radical (unpaired) electrons. The van der Waals surface area contributed by atoms with E-state index in [1.54, 1.807) is 0 Å². The van der Waals surface area contributed by atoms with Crippen LogP contribution in [-0.2, 0) is 6.42 Å². The van der Waals surface area contributed by atoms with Crippen molar-refractivity contribution >= 4 is 23.2 Å². The van der Waals surface area contributed by atoms with Gasteiger partial charge in [0.25, 0.3) is 0 Å². The third-order valence-corrected chi connectivity index (χ3v) is 3.65. The van der Waals surface area contributed by atoms with Crippen LogP contribution in [-0.4, -0.2) is 9.97 Å². The molecule has 21 heavy (non-hydrogen) atoms. The summed E-state index contributed by atoms with van der Waals surface area (Å²) >= 11 is 6.24. The van der Waals surface area contributed by atoms with Crippen LogP contribution in [0.25, 0.3) is 0 Å². The summed E-state index contributed by atoms with van der Waals surface area (Å²) in [5, 5.41) is 4.13. The van der Waals surface area contributed by atoms with Gasteiger partial charge in [0.2, 0.25) is 0 Å². The van der Waals surface area contributed by atoms with Crippen LogP contribution in [0.1, 0.15) is 37.4 Å². The Morgan fingerprint density at radius 2 is 1.95 bits per heavy atom. The minimum absolute atomic E-state index is 0.0369. The van der Waals surface area contributed by atoms with Gasteiger partial charge in [-0.15, -0.1) is 0 Å². The number of halogens is 1. The molecule has 5 nitrogen and oxygen atoms in total. The summed E-state index contributed by atoms with van der Waals surface area (Å²) in [6.45, 7) is 4.16. The van der Waals surface area contributed by atoms with E-state index in [1.807, 2.05) is 24.3 Å². The molecule has 0 aliphatic heterocycles. The molecule has 1 aromatic heterocycles. The number of rotatable bonds is 6. The molecule has 2 rings (SSSR count). The maximum Gasteiger partial charge on any atom is 0.148 e. The van der Waals surface area contributed by atoms with E-state index in [-0.39, 0.29) is 6.04 Å². The highest BCUT2D eigenvalue weighted by Crippen LogP contribution is 2.28. The number of anilines is 2. The van der Waals surface area contributed by atoms with Crippen LogP contribution in [0.3, 0.4) is 0 Å². The Kier molecular flexibility index (Phi) is 5.36. The molecule has 6 heteroatoms. The third kappa shape index (κ3) is 3.62. The number of benzene rings is 1. The van der Waals surface area contributed by atoms with Gasteiger partial charge in [-0.3, -0.25) is 0 Å². The molecule has 0 spiro atoms. The van der Waals surface area contributed by atoms with Gasteiger partial charge in [0, 0.05) is 10.6 Å². The lowest BCUT2D eigenvalue weighted by atomic mass is 10.1. The first-order chi connectivity index (χ1) is 10.2. The Labute approximate surface area is 129 Å². The van der Waals surface area contributed by atoms with Gasteiger partial charge in [-0.2, -0.15) is 0 Å². The van der Waals surface area contributed by atoms with Crippen molar-refractivity contribution < 1.29 is 0 Å². The fraction of sp³-hybridized carbons (Fsp3) is 0.333. The van der Waals surface area contributed by atoms with Crippen LogP contribution < -0.4 is 16.6 Å². The number of nitrogens with two attached hydrogens (primary N) is 1. The number of hydrogen-bond donors (Lipinski definition) is 3. The second kappa shape index (κ2) is 7.24. The van der Waals surface area contributed by atoms with E-state index in [2.05, 4.69) is 34.6 Å². The highest BCUT2D eigenvalue weighted by atomic mass is 35.5. The van der Waals surface area contributed by atoms with E-state index in [4.69, 9.17) is 17.4 Å². The molecule has 1 unspecified atom stereocenters. The molecule has 0 bridgehead atoms. The smallest absolute Gasteiger partial charge is 0.148 e. The summed E-state index contributed by atoms with van der Waals surface area (Å²) in [5.41, 5.74) is 4.65. The Balaban J connectivity index is 2.29.